The lowest BCUT2D eigenvalue weighted by Gasteiger charge is -2.15. The summed E-state index contributed by atoms with van der Waals surface area (Å²) in [5.41, 5.74) is 1.20. The second-order valence-electron chi connectivity index (χ2n) is 4.97. The Bertz CT molecular complexity index is 312. The largest absolute Gasteiger partial charge is 0.497 e. The summed E-state index contributed by atoms with van der Waals surface area (Å²) in [6.45, 7) is 1.12. The Morgan fingerprint density at radius 2 is 1.71 bits per heavy atom. The van der Waals surface area contributed by atoms with Gasteiger partial charge in [0.05, 0.1) is 7.11 Å². The predicted molar refractivity (Wildman–Crippen MR) is 72.7 cm³/mol. The summed E-state index contributed by atoms with van der Waals surface area (Å²) in [6.07, 6.45) is 8.47. The van der Waals surface area contributed by atoms with Gasteiger partial charge in [0.1, 0.15) is 5.75 Å². The fourth-order valence-corrected chi connectivity index (χ4v) is 2.54. The fourth-order valence-electron chi connectivity index (χ4n) is 2.54. The van der Waals surface area contributed by atoms with Crippen LogP contribution in [0.1, 0.15) is 38.5 Å². The Morgan fingerprint density at radius 1 is 1.06 bits per heavy atom. The number of hydrogen-bond acceptors (Lipinski definition) is 2. The van der Waals surface area contributed by atoms with Crippen LogP contribution < -0.4 is 10.1 Å². The van der Waals surface area contributed by atoms with Crippen LogP contribution in [-0.4, -0.2) is 13.7 Å². The lowest BCUT2D eigenvalue weighted by molar-refractivity contribution is 0.415. The summed E-state index contributed by atoms with van der Waals surface area (Å²) in [6, 6.07) is 8.20. The molecule has 0 amide bonds. The van der Waals surface area contributed by atoms with Gasteiger partial charge in [0.25, 0.3) is 0 Å². The van der Waals surface area contributed by atoms with Gasteiger partial charge in [0.2, 0.25) is 0 Å². The number of hydrogen-bond donors (Lipinski definition) is 1. The molecular formula is C15H23NO. The molecule has 2 nitrogen and oxygen atoms in total. The number of anilines is 1. The highest BCUT2D eigenvalue weighted by atomic mass is 16.5. The van der Waals surface area contributed by atoms with Crippen LogP contribution in [0.4, 0.5) is 5.69 Å². The second-order valence-corrected chi connectivity index (χ2v) is 4.97. The molecule has 17 heavy (non-hydrogen) atoms. The van der Waals surface area contributed by atoms with E-state index >= 15 is 0 Å². The average Bonchev–Trinajstić information content (AvgIpc) is 2.65. The van der Waals surface area contributed by atoms with Crippen molar-refractivity contribution in [2.24, 2.45) is 5.92 Å². The van der Waals surface area contributed by atoms with Gasteiger partial charge in [0.15, 0.2) is 0 Å². The molecule has 94 valence electrons. The molecule has 1 saturated carbocycles. The standard InChI is InChI=1S/C15H23NO/c1-17-15-10-8-14(9-11-15)16-12-13-6-4-2-3-5-7-13/h8-11,13,16H,2-7,12H2,1H3. The maximum atomic E-state index is 5.15. The number of benzene rings is 1. The molecule has 0 heterocycles. The molecule has 0 unspecified atom stereocenters. The third-order valence-electron chi connectivity index (χ3n) is 3.66. The van der Waals surface area contributed by atoms with Crippen molar-refractivity contribution in [2.75, 3.05) is 19.0 Å². The van der Waals surface area contributed by atoms with Crippen LogP contribution in [0, 0.1) is 5.92 Å². The lowest BCUT2D eigenvalue weighted by Crippen LogP contribution is -2.13. The fraction of sp³-hybridized carbons (Fsp3) is 0.600. The van der Waals surface area contributed by atoms with Crippen LogP contribution in [0.3, 0.4) is 0 Å². The van der Waals surface area contributed by atoms with Gasteiger partial charge in [-0.25, -0.2) is 0 Å². The molecule has 0 aromatic heterocycles. The molecule has 2 rings (SSSR count). The van der Waals surface area contributed by atoms with E-state index < -0.39 is 0 Å². The monoisotopic (exact) mass is 233 g/mol. The first-order valence-corrected chi connectivity index (χ1v) is 6.76. The van der Waals surface area contributed by atoms with E-state index in [2.05, 4.69) is 17.4 Å². The minimum absolute atomic E-state index is 0.861. The molecule has 1 aliphatic rings. The zero-order valence-corrected chi connectivity index (χ0v) is 10.7. The number of nitrogens with one attached hydrogen (secondary N) is 1. The smallest absolute Gasteiger partial charge is 0.119 e. The third-order valence-corrected chi connectivity index (χ3v) is 3.66. The molecule has 2 heteroatoms. The summed E-state index contributed by atoms with van der Waals surface area (Å²) in [5.74, 6) is 1.78. The molecule has 0 spiro atoms. The van der Waals surface area contributed by atoms with Crippen molar-refractivity contribution in [2.45, 2.75) is 38.5 Å². The van der Waals surface area contributed by atoms with E-state index in [9.17, 15) is 0 Å². The van der Waals surface area contributed by atoms with Gasteiger partial charge in [0, 0.05) is 12.2 Å². The van der Waals surface area contributed by atoms with Gasteiger partial charge in [-0.2, -0.15) is 0 Å². The minimum Gasteiger partial charge on any atom is -0.497 e. The molecule has 0 aliphatic heterocycles. The van der Waals surface area contributed by atoms with Crippen LogP contribution in [0.5, 0.6) is 5.75 Å². The van der Waals surface area contributed by atoms with Crippen LogP contribution in [-0.2, 0) is 0 Å². The summed E-state index contributed by atoms with van der Waals surface area (Å²) in [4.78, 5) is 0. The number of methoxy groups -OCH3 is 1. The Kier molecular flexibility index (Phi) is 4.72. The van der Waals surface area contributed by atoms with Crippen molar-refractivity contribution in [1.82, 2.24) is 0 Å². The summed E-state index contributed by atoms with van der Waals surface area (Å²) in [5, 5.41) is 3.54. The van der Waals surface area contributed by atoms with Crippen LogP contribution in [0.25, 0.3) is 0 Å². The van der Waals surface area contributed by atoms with Crippen molar-refractivity contribution in [3.8, 4) is 5.75 Å². The molecule has 0 radical (unpaired) electrons. The molecule has 1 aromatic carbocycles. The van der Waals surface area contributed by atoms with E-state index in [1.807, 2.05) is 12.1 Å². The maximum Gasteiger partial charge on any atom is 0.119 e. The molecule has 1 aliphatic carbocycles. The van der Waals surface area contributed by atoms with Crippen LogP contribution in [0.15, 0.2) is 24.3 Å². The maximum absolute atomic E-state index is 5.15. The zero-order valence-electron chi connectivity index (χ0n) is 10.7. The summed E-state index contributed by atoms with van der Waals surface area (Å²) >= 11 is 0. The third kappa shape index (κ3) is 3.95. The topological polar surface area (TPSA) is 21.3 Å². The minimum atomic E-state index is 0.861. The van der Waals surface area contributed by atoms with Crippen molar-refractivity contribution in [1.29, 1.82) is 0 Å². The number of ether oxygens (including phenoxy) is 1. The molecule has 0 bridgehead atoms. The van der Waals surface area contributed by atoms with Crippen molar-refractivity contribution in [3.05, 3.63) is 24.3 Å². The number of rotatable bonds is 4. The second kappa shape index (κ2) is 6.53. The van der Waals surface area contributed by atoms with Crippen molar-refractivity contribution < 1.29 is 4.74 Å². The van der Waals surface area contributed by atoms with E-state index in [1.165, 1.54) is 44.2 Å². The Hall–Kier alpha value is -1.18. The Labute approximate surface area is 104 Å². The van der Waals surface area contributed by atoms with Gasteiger partial charge < -0.3 is 10.1 Å². The normalized spacial score (nSPS) is 17.5. The van der Waals surface area contributed by atoms with E-state index in [0.717, 1.165) is 18.2 Å². The first-order valence-electron chi connectivity index (χ1n) is 6.76. The van der Waals surface area contributed by atoms with Gasteiger partial charge in [-0.1, -0.05) is 25.7 Å². The van der Waals surface area contributed by atoms with Gasteiger partial charge in [-0.15, -0.1) is 0 Å². The predicted octanol–water partition coefficient (Wildman–Crippen LogP) is 4.08. The summed E-state index contributed by atoms with van der Waals surface area (Å²) < 4.78 is 5.15. The first-order chi connectivity index (χ1) is 8.38. The Morgan fingerprint density at radius 3 is 2.29 bits per heavy atom. The lowest BCUT2D eigenvalue weighted by atomic mass is 10.0. The van der Waals surface area contributed by atoms with E-state index in [0.29, 0.717) is 0 Å². The van der Waals surface area contributed by atoms with Gasteiger partial charge in [-0.05, 0) is 43.0 Å². The Balaban J connectivity index is 1.79. The highest BCUT2D eigenvalue weighted by Crippen LogP contribution is 2.23. The highest BCUT2D eigenvalue weighted by Gasteiger charge is 2.11. The van der Waals surface area contributed by atoms with E-state index in [4.69, 9.17) is 4.74 Å². The first kappa shape index (κ1) is 12.3. The molecule has 1 N–H and O–H groups in total. The van der Waals surface area contributed by atoms with E-state index in [-0.39, 0.29) is 0 Å². The summed E-state index contributed by atoms with van der Waals surface area (Å²) in [7, 11) is 1.70. The van der Waals surface area contributed by atoms with Gasteiger partial charge in [-0.3, -0.25) is 0 Å². The molecule has 1 fully saturated rings. The highest BCUT2D eigenvalue weighted by molar-refractivity contribution is 5.46. The van der Waals surface area contributed by atoms with Crippen molar-refractivity contribution >= 4 is 5.69 Å². The molecule has 0 saturated heterocycles. The molecule has 0 atom stereocenters. The average molecular weight is 233 g/mol. The SMILES string of the molecule is COc1ccc(NCC2CCCCCC2)cc1. The van der Waals surface area contributed by atoms with Gasteiger partial charge >= 0.3 is 0 Å². The van der Waals surface area contributed by atoms with Crippen molar-refractivity contribution in [3.63, 3.8) is 0 Å². The molecule has 1 aromatic rings. The molecular weight excluding hydrogens is 210 g/mol. The van der Waals surface area contributed by atoms with Crippen LogP contribution >= 0.6 is 0 Å². The van der Waals surface area contributed by atoms with Crippen LogP contribution in [0.2, 0.25) is 0 Å². The zero-order chi connectivity index (χ0) is 11.9. The quantitative estimate of drug-likeness (QED) is 0.791. The van der Waals surface area contributed by atoms with E-state index in [1.54, 1.807) is 7.11 Å².